The number of aromatic amines is 1. The van der Waals surface area contributed by atoms with Gasteiger partial charge in [-0.05, 0) is 48.5 Å². The molecule has 2 aromatic rings. The van der Waals surface area contributed by atoms with Crippen molar-refractivity contribution in [1.82, 2.24) is 19.9 Å². The van der Waals surface area contributed by atoms with Crippen molar-refractivity contribution >= 4 is 29.2 Å². The van der Waals surface area contributed by atoms with Crippen LogP contribution in [0, 0.1) is 6.92 Å². The van der Waals surface area contributed by atoms with Gasteiger partial charge in [0.25, 0.3) is 0 Å². The summed E-state index contributed by atoms with van der Waals surface area (Å²) in [5.41, 5.74) is -0.930. The van der Waals surface area contributed by atoms with E-state index in [1.807, 2.05) is 0 Å². The number of H-pyrrole nitrogens is 1. The third-order valence-electron chi connectivity index (χ3n) is 2.74. The van der Waals surface area contributed by atoms with E-state index in [1.54, 1.807) is 48.5 Å². The lowest BCUT2D eigenvalue weighted by molar-refractivity contribution is 0.0429. The summed E-state index contributed by atoms with van der Waals surface area (Å²) in [6, 6.07) is 0. The smallest absolute Gasteiger partial charge is 0.425 e. The first-order chi connectivity index (χ1) is 11.4. The Morgan fingerprint density at radius 1 is 1.00 bits per heavy atom. The molecule has 0 unspecified atom stereocenters. The molecule has 0 saturated heterocycles. The molecule has 2 heterocycles. The summed E-state index contributed by atoms with van der Waals surface area (Å²) in [5, 5.41) is 0. The summed E-state index contributed by atoms with van der Waals surface area (Å²) < 4.78 is 10.7. The Morgan fingerprint density at radius 3 is 2.00 bits per heavy atom. The summed E-state index contributed by atoms with van der Waals surface area (Å²) in [5.74, 6) is 0.384. The predicted octanol–water partition coefficient (Wildman–Crippen LogP) is 3.34. The molecule has 0 fully saturated rings. The third kappa shape index (κ3) is 4.65. The number of carbonyl (C=O) groups is 2. The lowest BCUT2D eigenvalue weighted by Gasteiger charge is -2.28. The monoisotopic (exact) mass is 349 g/mol. The van der Waals surface area contributed by atoms with Gasteiger partial charge in [0.15, 0.2) is 11.5 Å². The molecule has 0 atom stereocenters. The van der Waals surface area contributed by atoms with Crippen LogP contribution in [0.15, 0.2) is 6.33 Å². The summed E-state index contributed by atoms with van der Waals surface area (Å²) in [6.45, 7) is 11.9. The number of carbonyl (C=O) groups excluding carboxylic acids is 2. The van der Waals surface area contributed by atoms with Gasteiger partial charge in [0.05, 0.1) is 6.33 Å². The van der Waals surface area contributed by atoms with Crippen LogP contribution >= 0.6 is 0 Å². The van der Waals surface area contributed by atoms with Gasteiger partial charge in [-0.15, -0.1) is 0 Å². The van der Waals surface area contributed by atoms with Crippen LogP contribution in [0.1, 0.15) is 47.4 Å². The van der Waals surface area contributed by atoms with E-state index in [2.05, 4.69) is 19.9 Å². The van der Waals surface area contributed by atoms with Crippen molar-refractivity contribution in [1.29, 1.82) is 0 Å². The molecule has 25 heavy (non-hydrogen) atoms. The molecule has 1 N–H and O–H groups in total. The van der Waals surface area contributed by atoms with Gasteiger partial charge in [0.2, 0.25) is 0 Å². The Hall–Kier alpha value is -2.71. The van der Waals surface area contributed by atoms with Crippen molar-refractivity contribution in [3.63, 3.8) is 0 Å². The van der Waals surface area contributed by atoms with Crippen LogP contribution in [0.3, 0.4) is 0 Å². The summed E-state index contributed by atoms with van der Waals surface area (Å²) >= 11 is 0. The lowest BCUT2D eigenvalue weighted by atomic mass is 10.2. The first-order valence-electron chi connectivity index (χ1n) is 7.81. The van der Waals surface area contributed by atoms with E-state index in [0.717, 1.165) is 4.90 Å². The topological polar surface area (TPSA) is 110 Å². The number of amides is 2. The molecule has 136 valence electrons. The number of nitrogens with one attached hydrogen (secondary N) is 1. The lowest BCUT2D eigenvalue weighted by Crippen LogP contribution is -2.44. The largest absolute Gasteiger partial charge is 0.443 e. The molecule has 2 amide bonds. The number of nitrogens with zero attached hydrogens (tertiary/aromatic N) is 4. The van der Waals surface area contributed by atoms with E-state index in [9.17, 15) is 9.59 Å². The molecule has 2 aromatic heterocycles. The van der Waals surface area contributed by atoms with E-state index < -0.39 is 23.4 Å². The van der Waals surface area contributed by atoms with Crippen LogP contribution in [-0.4, -0.2) is 43.3 Å². The number of aryl methyl sites for hydroxylation is 1. The first kappa shape index (κ1) is 18.6. The fraction of sp³-hybridized carbons (Fsp3) is 0.562. The molecule has 9 nitrogen and oxygen atoms in total. The molecule has 0 radical (unpaired) electrons. The Bertz CT molecular complexity index is 773. The normalized spacial score (nSPS) is 12.1. The Kier molecular flexibility index (Phi) is 4.70. The van der Waals surface area contributed by atoms with Gasteiger partial charge in [-0.25, -0.2) is 24.5 Å². The Balaban J connectivity index is 2.55. The maximum absolute atomic E-state index is 12.7. The molecule has 0 aliphatic carbocycles. The first-order valence-corrected chi connectivity index (χ1v) is 7.81. The number of imide groups is 1. The van der Waals surface area contributed by atoms with Gasteiger partial charge in [0, 0.05) is 0 Å². The van der Waals surface area contributed by atoms with Crippen LogP contribution in [0.5, 0.6) is 0 Å². The minimum Gasteiger partial charge on any atom is -0.443 e. The standard InChI is InChI=1S/C16H23N5O4/c1-9-19-11-10(17-8-18-11)12(20-9)21(13(22)24-15(2,3)4)14(23)25-16(5,6)7/h8H,1-7H3,(H,17,18,19,20). The van der Waals surface area contributed by atoms with E-state index in [-0.39, 0.29) is 5.82 Å². The summed E-state index contributed by atoms with van der Waals surface area (Å²) in [7, 11) is 0. The van der Waals surface area contributed by atoms with Crippen LogP contribution < -0.4 is 4.90 Å². The maximum atomic E-state index is 12.7. The minimum absolute atomic E-state index is 0.0310. The van der Waals surface area contributed by atoms with E-state index >= 15 is 0 Å². The second-order valence-electron chi connectivity index (χ2n) is 7.49. The SMILES string of the molecule is Cc1nc(N(C(=O)OC(C)(C)C)C(=O)OC(C)(C)C)c2[nH]cnc2n1. The van der Waals surface area contributed by atoms with E-state index in [4.69, 9.17) is 9.47 Å². The molecule has 0 saturated carbocycles. The molecule has 0 aromatic carbocycles. The number of hydrogen-bond donors (Lipinski definition) is 1. The van der Waals surface area contributed by atoms with Crippen molar-refractivity contribution in [2.75, 3.05) is 4.90 Å². The van der Waals surface area contributed by atoms with E-state index in [1.165, 1.54) is 6.33 Å². The van der Waals surface area contributed by atoms with Crippen molar-refractivity contribution in [2.45, 2.75) is 59.7 Å². The Morgan fingerprint density at radius 2 is 1.52 bits per heavy atom. The highest BCUT2D eigenvalue weighted by atomic mass is 16.6. The number of rotatable bonds is 1. The minimum atomic E-state index is -0.893. The average Bonchev–Trinajstić information content (AvgIpc) is 2.82. The highest BCUT2D eigenvalue weighted by Crippen LogP contribution is 2.25. The van der Waals surface area contributed by atoms with Gasteiger partial charge < -0.3 is 14.5 Å². The number of hydrogen-bond acceptors (Lipinski definition) is 7. The number of imidazole rings is 1. The molecule has 0 aliphatic rings. The van der Waals surface area contributed by atoms with Gasteiger partial charge in [0.1, 0.15) is 22.5 Å². The zero-order valence-corrected chi connectivity index (χ0v) is 15.5. The zero-order chi connectivity index (χ0) is 19.0. The van der Waals surface area contributed by atoms with Crippen LogP contribution in [0.4, 0.5) is 15.4 Å². The second-order valence-corrected chi connectivity index (χ2v) is 7.49. The summed E-state index contributed by atoms with van der Waals surface area (Å²) in [4.78, 5) is 41.4. The van der Waals surface area contributed by atoms with Gasteiger partial charge in [-0.2, -0.15) is 4.90 Å². The maximum Gasteiger partial charge on any atom is 0.425 e. The van der Waals surface area contributed by atoms with Gasteiger partial charge >= 0.3 is 12.2 Å². The highest BCUT2D eigenvalue weighted by molar-refractivity contribution is 6.12. The number of ether oxygens (including phenoxy) is 2. The molecule has 0 aliphatic heterocycles. The zero-order valence-electron chi connectivity index (χ0n) is 15.5. The summed E-state index contributed by atoms with van der Waals surface area (Å²) in [6.07, 6.45) is -0.378. The quantitative estimate of drug-likeness (QED) is 0.840. The van der Waals surface area contributed by atoms with Crippen LogP contribution in [-0.2, 0) is 9.47 Å². The molecular weight excluding hydrogens is 326 g/mol. The molecule has 9 heteroatoms. The number of fused-ring (bicyclic) bond motifs is 1. The molecule has 0 spiro atoms. The van der Waals surface area contributed by atoms with Gasteiger partial charge in [-0.3, -0.25) is 0 Å². The Labute approximate surface area is 145 Å². The fourth-order valence-corrected chi connectivity index (χ4v) is 1.95. The fourth-order valence-electron chi connectivity index (χ4n) is 1.95. The van der Waals surface area contributed by atoms with Crippen LogP contribution in [0.25, 0.3) is 11.2 Å². The molecule has 2 rings (SSSR count). The van der Waals surface area contributed by atoms with Crippen molar-refractivity contribution in [3.05, 3.63) is 12.2 Å². The molecular formula is C16H23N5O4. The van der Waals surface area contributed by atoms with Crippen molar-refractivity contribution in [2.24, 2.45) is 0 Å². The van der Waals surface area contributed by atoms with E-state index in [0.29, 0.717) is 17.0 Å². The second kappa shape index (κ2) is 6.30. The van der Waals surface area contributed by atoms with Crippen molar-refractivity contribution in [3.8, 4) is 0 Å². The average molecular weight is 349 g/mol. The number of aromatic nitrogens is 4. The molecule has 0 bridgehead atoms. The van der Waals surface area contributed by atoms with Gasteiger partial charge in [-0.1, -0.05) is 0 Å². The highest BCUT2D eigenvalue weighted by Gasteiger charge is 2.35. The predicted molar refractivity (Wildman–Crippen MR) is 91.4 cm³/mol. The van der Waals surface area contributed by atoms with Crippen LogP contribution in [0.2, 0.25) is 0 Å². The third-order valence-corrected chi connectivity index (χ3v) is 2.74. The van der Waals surface area contributed by atoms with Crippen molar-refractivity contribution < 1.29 is 19.1 Å². The number of anilines is 1.